The lowest BCUT2D eigenvalue weighted by Crippen LogP contribution is -2.48. The van der Waals surface area contributed by atoms with Gasteiger partial charge in [-0.3, -0.25) is 4.90 Å². The number of aryl methyl sites for hydroxylation is 1. The predicted octanol–water partition coefficient (Wildman–Crippen LogP) is 2.26. The summed E-state index contributed by atoms with van der Waals surface area (Å²) in [5.41, 5.74) is 1.47. The molecule has 2 heteroatoms. The number of rotatable bonds is 4. The summed E-state index contributed by atoms with van der Waals surface area (Å²) in [6.45, 7) is 7.26. The molecule has 0 spiro atoms. The molecule has 2 rings (SSSR count). The molecule has 1 saturated heterocycles. The fourth-order valence-corrected chi connectivity index (χ4v) is 2.47. The number of benzene rings is 1. The van der Waals surface area contributed by atoms with Crippen LogP contribution in [0.5, 0.6) is 0 Å². The van der Waals surface area contributed by atoms with Crippen LogP contribution in [0.3, 0.4) is 0 Å². The highest BCUT2D eigenvalue weighted by molar-refractivity contribution is 5.14. The molecule has 2 nitrogen and oxygen atoms in total. The van der Waals surface area contributed by atoms with Crippen molar-refractivity contribution in [2.24, 2.45) is 0 Å². The number of hydrogen-bond donors (Lipinski definition) is 0. The van der Waals surface area contributed by atoms with Gasteiger partial charge in [0.1, 0.15) is 0 Å². The van der Waals surface area contributed by atoms with Crippen molar-refractivity contribution in [3.05, 3.63) is 35.9 Å². The van der Waals surface area contributed by atoms with Crippen molar-refractivity contribution in [2.75, 3.05) is 33.2 Å². The van der Waals surface area contributed by atoms with Crippen molar-refractivity contribution in [3.63, 3.8) is 0 Å². The summed E-state index contributed by atoms with van der Waals surface area (Å²) in [6.07, 6.45) is 2.47. The van der Waals surface area contributed by atoms with E-state index in [0.29, 0.717) is 6.04 Å². The van der Waals surface area contributed by atoms with Crippen LogP contribution in [0, 0.1) is 0 Å². The summed E-state index contributed by atoms with van der Waals surface area (Å²) in [6, 6.07) is 11.5. The second kappa shape index (κ2) is 6.18. The van der Waals surface area contributed by atoms with Crippen LogP contribution in [-0.4, -0.2) is 49.1 Å². The fourth-order valence-electron chi connectivity index (χ4n) is 2.47. The zero-order valence-electron chi connectivity index (χ0n) is 11.1. The van der Waals surface area contributed by atoms with E-state index < -0.39 is 0 Å². The number of piperazine rings is 1. The van der Waals surface area contributed by atoms with Gasteiger partial charge in [-0.1, -0.05) is 30.3 Å². The first-order chi connectivity index (χ1) is 8.25. The zero-order chi connectivity index (χ0) is 12.1. The maximum atomic E-state index is 2.63. The number of hydrogen-bond acceptors (Lipinski definition) is 2. The average molecular weight is 232 g/mol. The molecule has 17 heavy (non-hydrogen) atoms. The first kappa shape index (κ1) is 12.6. The van der Waals surface area contributed by atoms with Crippen LogP contribution in [0.15, 0.2) is 30.3 Å². The monoisotopic (exact) mass is 232 g/mol. The lowest BCUT2D eigenvalue weighted by Gasteiger charge is -2.36. The van der Waals surface area contributed by atoms with Gasteiger partial charge in [0.05, 0.1) is 0 Å². The SMILES string of the molecule is C[C@H](CCc1ccccc1)N1CCN(C)CC1. The van der Waals surface area contributed by atoms with E-state index in [2.05, 4.69) is 54.1 Å². The van der Waals surface area contributed by atoms with Gasteiger partial charge in [0, 0.05) is 32.2 Å². The van der Waals surface area contributed by atoms with E-state index in [1.165, 1.54) is 44.6 Å². The van der Waals surface area contributed by atoms with Gasteiger partial charge in [-0.25, -0.2) is 0 Å². The Morgan fingerprint density at radius 1 is 1.06 bits per heavy atom. The lowest BCUT2D eigenvalue weighted by molar-refractivity contribution is 0.115. The van der Waals surface area contributed by atoms with E-state index in [9.17, 15) is 0 Å². The molecule has 1 aromatic carbocycles. The highest BCUT2D eigenvalue weighted by atomic mass is 15.3. The van der Waals surface area contributed by atoms with E-state index in [4.69, 9.17) is 0 Å². The Labute approximate surface area is 105 Å². The number of nitrogens with zero attached hydrogens (tertiary/aromatic N) is 2. The molecule has 1 aromatic rings. The molecule has 0 amide bonds. The molecule has 1 aliphatic rings. The third-order valence-electron chi connectivity index (χ3n) is 3.85. The smallest absolute Gasteiger partial charge is 0.0113 e. The van der Waals surface area contributed by atoms with Crippen molar-refractivity contribution in [1.82, 2.24) is 9.80 Å². The summed E-state index contributed by atoms with van der Waals surface area (Å²) in [5.74, 6) is 0. The first-order valence-corrected chi connectivity index (χ1v) is 6.72. The molecule has 0 radical (unpaired) electrons. The Morgan fingerprint density at radius 3 is 2.35 bits per heavy atom. The molecule has 0 aromatic heterocycles. The minimum Gasteiger partial charge on any atom is -0.304 e. The molecular formula is C15H24N2. The molecule has 0 bridgehead atoms. The standard InChI is InChI=1S/C15H24N2/c1-14(17-12-10-16(2)11-13-17)8-9-15-6-4-3-5-7-15/h3-7,14H,8-13H2,1-2H3/t14-/m1/s1. The topological polar surface area (TPSA) is 6.48 Å². The van der Waals surface area contributed by atoms with E-state index in [-0.39, 0.29) is 0 Å². The summed E-state index contributed by atoms with van der Waals surface area (Å²) < 4.78 is 0. The minimum absolute atomic E-state index is 0.712. The van der Waals surface area contributed by atoms with Gasteiger partial charge in [0.15, 0.2) is 0 Å². The summed E-state index contributed by atoms with van der Waals surface area (Å²) in [4.78, 5) is 5.04. The van der Waals surface area contributed by atoms with Crippen molar-refractivity contribution < 1.29 is 0 Å². The molecule has 1 aliphatic heterocycles. The molecule has 94 valence electrons. The van der Waals surface area contributed by atoms with Crippen LogP contribution in [0.2, 0.25) is 0 Å². The van der Waals surface area contributed by atoms with E-state index >= 15 is 0 Å². The summed E-state index contributed by atoms with van der Waals surface area (Å²) in [7, 11) is 2.21. The van der Waals surface area contributed by atoms with Gasteiger partial charge < -0.3 is 4.90 Å². The van der Waals surface area contributed by atoms with Crippen LogP contribution in [0.1, 0.15) is 18.9 Å². The molecule has 0 aliphatic carbocycles. The van der Waals surface area contributed by atoms with Crippen LogP contribution >= 0.6 is 0 Å². The van der Waals surface area contributed by atoms with Gasteiger partial charge >= 0.3 is 0 Å². The lowest BCUT2D eigenvalue weighted by atomic mass is 10.0. The van der Waals surface area contributed by atoms with E-state index in [1.807, 2.05) is 0 Å². The third kappa shape index (κ3) is 3.83. The molecule has 0 saturated carbocycles. The zero-order valence-corrected chi connectivity index (χ0v) is 11.1. The quantitative estimate of drug-likeness (QED) is 0.785. The van der Waals surface area contributed by atoms with Crippen molar-refractivity contribution in [3.8, 4) is 0 Å². The molecule has 1 heterocycles. The minimum atomic E-state index is 0.712. The van der Waals surface area contributed by atoms with Crippen LogP contribution in [0.25, 0.3) is 0 Å². The van der Waals surface area contributed by atoms with E-state index in [0.717, 1.165) is 0 Å². The number of likely N-dealkylation sites (N-methyl/N-ethyl adjacent to an activating group) is 1. The van der Waals surface area contributed by atoms with E-state index in [1.54, 1.807) is 0 Å². The maximum Gasteiger partial charge on any atom is 0.0113 e. The van der Waals surface area contributed by atoms with Crippen LogP contribution in [-0.2, 0) is 6.42 Å². The maximum absolute atomic E-state index is 2.63. The van der Waals surface area contributed by atoms with Gasteiger partial charge in [-0.05, 0) is 32.4 Å². The fraction of sp³-hybridized carbons (Fsp3) is 0.600. The Kier molecular flexibility index (Phi) is 4.57. The Hall–Kier alpha value is -0.860. The van der Waals surface area contributed by atoms with Gasteiger partial charge in [0.2, 0.25) is 0 Å². The molecule has 1 atom stereocenters. The van der Waals surface area contributed by atoms with Crippen molar-refractivity contribution in [1.29, 1.82) is 0 Å². The van der Waals surface area contributed by atoms with Crippen LogP contribution < -0.4 is 0 Å². The molecule has 0 unspecified atom stereocenters. The predicted molar refractivity (Wildman–Crippen MR) is 73.3 cm³/mol. The second-order valence-corrected chi connectivity index (χ2v) is 5.21. The molecule has 0 N–H and O–H groups in total. The normalized spacial score (nSPS) is 20.4. The third-order valence-corrected chi connectivity index (χ3v) is 3.85. The first-order valence-electron chi connectivity index (χ1n) is 6.72. The van der Waals surface area contributed by atoms with Gasteiger partial charge in [0.25, 0.3) is 0 Å². The Balaban J connectivity index is 1.75. The van der Waals surface area contributed by atoms with Gasteiger partial charge in [-0.15, -0.1) is 0 Å². The van der Waals surface area contributed by atoms with Crippen molar-refractivity contribution in [2.45, 2.75) is 25.8 Å². The van der Waals surface area contributed by atoms with Crippen LogP contribution in [0.4, 0.5) is 0 Å². The van der Waals surface area contributed by atoms with Gasteiger partial charge in [-0.2, -0.15) is 0 Å². The van der Waals surface area contributed by atoms with Crippen molar-refractivity contribution >= 4 is 0 Å². The molecule has 1 fully saturated rings. The highest BCUT2D eigenvalue weighted by Crippen LogP contribution is 2.11. The second-order valence-electron chi connectivity index (χ2n) is 5.21. The molecular weight excluding hydrogens is 208 g/mol. The summed E-state index contributed by atoms with van der Waals surface area (Å²) in [5, 5.41) is 0. The Bertz CT molecular complexity index is 315. The summed E-state index contributed by atoms with van der Waals surface area (Å²) >= 11 is 0. The highest BCUT2D eigenvalue weighted by Gasteiger charge is 2.18. The average Bonchev–Trinajstić information content (AvgIpc) is 2.38. The Morgan fingerprint density at radius 2 is 1.71 bits per heavy atom. The largest absolute Gasteiger partial charge is 0.304 e.